The molecule has 0 saturated heterocycles. The van der Waals surface area contributed by atoms with Gasteiger partial charge in [-0.25, -0.2) is 0 Å². The first-order chi connectivity index (χ1) is 10.6. The normalized spacial score (nSPS) is 11.6. The van der Waals surface area contributed by atoms with Crippen molar-refractivity contribution in [3.8, 4) is 0 Å². The molecule has 0 aliphatic rings. The summed E-state index contributed by atoms with van der Waals surface area (Å²) in [6.45, 7) is 2.21. The van der Waals surface area contributed by atoms with Crippen molar-refractivity contribution in [2.24, 2.45) is 0 Å². The van der Waals surface area contributed by atoms with E-state index < -0.39 is 5.97 Å². The van der Waals surface area contributed by atoms with Crippen molar-refractivity contribution in [3.63, 3.8) is 0 Å². The van der Waals surface area contributed by atoms with E-state index in [0.717, 1.165) is 49.4 Å². The predicted octanol–water partition coefficient (Wildman–Crippen LogP) is 6.01. The Hall–Kier alpha value is -0.640. The van der Waals surface area contributed by atoms with Gasteiger partial charge in [0.25, 0.3) is 0 Å². The van der Waals surface area contributed by atoms with Crippen LogP contribution in [0.15, 0.2) is 10.6 Å². The van der Waals surface area contributed by atoms with Crippen LogP contribution in [0.4, 0.5) is 0 Å². The summed E-state index contributed by atoms with van der Waals surface area (Å²) in [7, 11) is 0. The van der Waals surface area contributed by atoms with Crippen LogP contribution in [-0.2, 0) is 9.59 Å². The first kappa shape index (κ1) is 21.4. The largest absolute Gasteiger partial charge is 0.481 e. The number of allylic oxidation sites excluding steroid dienone is 2. The standard InChI is InChI=1S/C18H31BrO3/c1-2-3-4-5-7-10-13-16(19)17(20)14-11-8-6-9-12-15-18(21)22/h13H,2-12,14-15H2,1H3,(H,21,22)/b16-13-. The van der Waals surface area contributed by atoms with Gasteiger partial charge in [0.2, 0.25) is 0 Å². The number of carbonyl (C=O) groups is 2. The van der Waals surface area contributed by atoms with Crippen LogP contribution in [0.3, 0.4) is 0 Å². The zero-order chi connectivity index (χ0) is 16.6. The molecular weight excluding hydrogens is 344 g/mol. The summed E-state index contributed by atoms with van der Waals surface area (Å²) >= 11 is 3.38. The third kappa shape index (κ3) is 14.3. The molecule has 0 aromatic heterocycles. The highest BCUT2D eigenvalue weighted by molar-refractivity contribution is 9.12. The van der Waals surface area contributed by atoms with Crippen molar-refractivity contribution < 1.29 is 14.7 Å². The second kappa shape index (κ2) is 15.3. The van der Waals surface area contributed by atoms with E-state index in [-0.39, 0.29) is 12.2 Å². The Morgan fingerprint density at radius 1 is 0.864 bits per heavy atom. The number of Topliss-reactive ketones (excluding diaryl/α,β-unsaturated/α-hetero) is 1. The third-order valence-electron chi connectivity index (χ3n) is 3.69. The maximum atomic E-state index is 11.9. The summed E-state index contributed by atoms with van der Waals surface area (Å²) in [6.07, 6.45) is 14.7. The maximum absolute atomic E-state index is 11.9. The molecule has 128 valence electrons. The molecule has 0 bridgehead atoms. The molecule has 1 N–H and O–H groups in total. The smallest absolute Gasteiger partial charge is 0.303 e. The summed E-state index contributed by atoms with van der Waals surface area (Å²) in [6, 6.07) is 0. The Morgan fingerprint density at radius 3 is 2.05 bits per heavy atom. The summed E-state index contributed by atoms with van der Waals surface area (Å²) in [5.74, 6) is -0.530. The van der Waals surface area contributed by atoms with Crippen molar-refractivity contribution in [2.75, 3.05) is 0 Å². The van der Waals surface area contributed by atoms with Gasteiger partial charge in [-0.15, -0.1) is 0 Å². The Labute approximate surface area is 143 Å². The fraction of sp³-hybridized carbons (Fsp3) is 0.778. The minimum absolute atomic E-state index is 0.194. The molecule has 22 heavy (non-hydrogen) atoms. The molecular formula is C18H31BrO3. The Balaban J connectivity index is 3.54. The van der Waals surface area contributed by atoms with E-state index in [2.05, 4.69) is 22.9 Å². The van der Waals surface area contributed by atoms with Gasteiger partial charge in [0.1, 0.15) is 0 Å². The van der Waals surface area contributed by atoms with Gasteiger partial charge in [-0.1, -0.05) is 57.9 Å². The fourth-order valence-corrected chi connectivity index (χ4v) is 2.73. The van der Waals surface area contributed by atoms with Crippen molar-refractivity contribution >= 4 is 27.7 Å². The predicted molar refractivity (Wildman–Crippen MR) is 95.3 cm³/mol. The number of carboxylic acids is 1. The third-order valence-corrected chi connectivity index (χ3v) is 4.46. The molecule has 0 heterocycles. The Morgan fingerprint density at radius 2 is 1.41 bits per heavy atom. The quantitative estimate of drug-likeness (QED) is 0.282. The monoisotopic (exact) mass is 374 g/mol. The van der Waals surface area contributed by atoms with Crippen LogP contribution in [-0.4, -0.2) is 16.9 Å². The van der Waals surface area contributed by atoms with Crippen molar-refractivity contribution in [2.45, 2.75) is 90.4 Å². The van der Waals surface area contributed by atoms with Gasteiger partial charge < -0.3 is 5.11 Å². The molecule has 0 rings (SSSR count). The first-order valence-corrected chi connectivity index (χ1v) is 9.47. The van der Waals surface area contributed by atoms with E-state index in [4.69, 9.17) is 5.11 Å². The number of unbranched alkanes of at least 4 members (excludes halogenated alkanes) is 9. The summed E-state index contributed by atoms with van der Waals surface area (Å²) in [4.78, 5) is 22.3. The lowest BCUT2D eigenvalue weighted by atomic mass is 10.1. The molecule has 3 nitrogen and oxygen atoms in total. The number of ketones is 1. The Kier molecular flexibility index (Phi) is 14.8. The number of carboxylic acid groups (broad SMARTS) is 1. The molecule has 0 radical (unpaired) electrons. The number of carbonyl (C=O) groups excluding carboxylic acids is 1. The van der Waals surface area contributed by atoms with Crippen molar-refractivity contribution in [1.82, 2.24) is 0 Å². The van der Waals surface area contributed by atoms with E-state index in [1.807, 2.05) is 6.08 Å². The molecule has 0 spiro atoms. The van der Waals surface area contributed by atoms with Gasteiger partial charge in [0.05, 0.1) is 4.48 Å². The van der Waals surface area contributed by atoms with Crippen molar-refractivity contribution in [3.05, 3.63) is 10.6 Å². The van der Waals surface area contributed by atoms with E-state index in [1.54, 1.807) is 0 Å². The second-order valence-corrected chi connectivity index (χ2v) is 6.69. The molecule has 4 heteroatoms. The number of hydrogen-bond donors (Lipinski definition) is 1. The fourth-order valence-electron chi connectivity index (χ4n) is 2.30. The molecule has 0 aliphatic heterocycles. The number of halogens is 1. The van der Waals surface area contributed by atoms with Crippen LogP contribution in [0.5, 0.6) is 0 Å². The van der Waals surface area contributed by atoms with Gasteiger partial charge in [-0.3, -0.25) is 9.59 Å². The SMILES string of the molecule is CCCCCCC/C=C(\Br)C(=O)CCCCCCCC(=O)O. The van der Waals surface area contributed by atoms with Gasteiger partial charge in [0.15, 0.2) is 5.78 Å². The lowest BCUT2D eigenvalue weighted by Crippen LogP contribution is -1.97. The zero-order valence-corrected chi connectivity index (χ0v) is 15.5. The number of hydrogen-bond acceptors (Lipinski definition) is 2. The molecule has 0 aliphatic carbocycles. The molecule has 0 fully saturated rings. The van der Waals surface area contributed by atoms with Crippen LogP contribution >= 0.6 is 15.9 Å². The molecule has 0 aromatic carbocycles. The van der Waals surface area contributed by atoms with E-state index >= 15 is 0 Å². The van der Waals surface area contributed by atoms with E-state index in [0.29, 0.717) is 6.42 Å². The summed E-state index contributed by atoms with van der Waals surface area (Å²) in [5, 5.41) is 8.53. The maximum Gasteiger partial charge on any atom is 0.303 e. The average molecular weight is 375 g/mol. The van der Waals surface area contributed by atoms with Crippen LogP contribution in [0.2, 0.25) is 0 Å². The summed E-state index contributed by atoms with van der Waals surface area (Å²) in [5.41, 5.74) is 0. The lowest BCUT2D eigenvalue weighted by Gasteiger charge is -2.02. The minimum atomic E-state index is -0.723. The molecule has 0 unspecified atom stereocenters. The van der Waals surface area contributed by atoms with E-state index in [1.165, 1.54) is 25.7 Å². The topological polar surface area (TPSA) is 54.4 Å². The van der Waals surface area contributed by atoms with Gasteiger partial charge >= 0.3 is 5.97 Å². The van der Waals surface area contributed by atoms with Crippen LogP contribution in [0.1, 0.15) is 90.4 Å². The van der Waals surface area contributed by atoms with Crippen LogP contribution in [0, 0.1) is 0 Å². The van der Waals surface area contributed by atoms with Gasteiger partial charge in [-0.2, -0.15) is 0 Å². The molecule has 0 aromatic rings. The second-order valence-electron chi connectivity index (χ2n) is 5.84. The van der Waals surface area contributed by atoms with Gasteiger partial charge in [0, 0.05) is 12.8 Å². The number of rotatable bonds is 15. The van der Waals surface area contributed by atoms with Gasteiger partial charge in [-0.05, 0) is 41.6 Å². The van der Waals surface area contributed by atoms with E-state index in [9.17, 15) is 9.59 Å². The van der Waals surface area contributed by atoms with Crippen LogP contribution in [0.25, 0.3) is 0 Å². The highest BCUT2D eigenvalue weighted by Crippen LogP contribution is 2.16. The summed E-state index contributed by atoms with van der Waals surface area (Å²) < 4.78 is 0.730. The molecule has 0 amide bonds. The minimum Gasteiger partial charge on any atom is -0.481 e. The highest BCUT2D eigenvalue weighted by atomic mass is 79.9. The van der Waals surface area contributed by atoms with Crippen LogP contribution < -0.4 is 0 Å². The zero-order valence-electron chi connectivity index (χ0n) is 13.9. The molecule has 0 saturated carbocycles. The number of aliphatic carboxylic acids is 1. The average Bonchev–Trinajstić information content (AvgIpc) is 2.49. The highest BCUT2D eigenvalue weighted by Gasteiger charge is 2.05. The molecule has 0 atom stereocenters. The van der Waals surface area contributed by atoms with Crippen molar-refractivity contribution in [1.29, 1.82) is 0 Å². The lowest BCUT2D eigenvalue weighted by molar-refractivity contribution is -0.137. The first-order valence-electron chi connectivity index (χ1n) is 8.68. The Bertz CT molecular complexity index is 337.